The first-order valence-corrected chi connectivity index (χ1v) is 8.68. The zero-order chi connectivity index (χ0) is 18.9. The number of carboxylic acids is 1. The smallest absolute Gasteiger partial charge is 0.337 e. The molecule has 8 nitrogen and oxygen atoms in total. The van der Waals surface area contributed by atoms with Crippen LogP contribution in [-0.2, 0) is 10.1 Å². The van der Waals surface area contributed by atoms with Crippen LogP contribution in [0.15, 0.2) is 69.7 Å². The molecule has 0 saturated heterocycles. The number of benzene rings is 3. The Labute approximate surface area is 147 Å². The van der Waals surface area contributed by atoms with Crippen molar-refractivity contribution in [1.29, 1.82) is 0 Å². The molecule has 0 heterocycles. The molecular formula is C17H12N2O6S. The van der Waals surface area contributed by atoms with E-state index < -0.39 is 16.1 Å². The molecule has 0 aliphatic heterocycles. The molecule has 3 N–H and O–H groups in total. The van der Waals surface area contributed by atoms with Gasteiger partial charge in [-0.15, -0.1) is 10.2 Å². The third kappa shape index (κ3) is 3.39. The van der Waals surface area contributed by atoms with Crippen LogP contribution in [0.3, 0.4) is 0 Å². The summed E-state index contributed by atoms with van der Waals surface area (Å²) in [5, 5.41) is 27.8. The number of hydrogen-bond acceptors (Lipinski definition) is 6. The van der Waals surface area contributed by atoms with Crippen molar-refractivity contribution in [3.8, 4) is 5.75 Å². The minimum absolute atomic E-state index is 0.0459. The molecule has 3 rings (SSSR count). The third-order valence-electron chi connectivity index (χ3n) is 3.63. The van der Waals surface area contributed by atoms with Crippen LogP contribution in [0.25, 0.3) is 10.8 Å². The van der Waals surface area contributed by atoms with Crippen molar-refractivity contribution in [2.24, 2.45) is 10.2 Å². The fourth-order valence-electron chi connectivity index (χ4n) is 2.39. The minimum atomic E-state index is -4.37. The number of rotatable bonds is 4. The summed E-state index contributed by atoms with van der Waals surface area (Å²) in [6.45, 7) is 0. The summed E-state index contributed by atoms with van der Waals surface area (Å²) >= 11 is 0. The highest BCUT2D eigenvalue weighted by Crippen LogP contribution is 2.37. The van der Waals surface area contributed by atoms with Gasteiger partial charge in [-0.2, -0.15) is 8.42 Å². The normalized spacial score (nSPS) is 11.9. The second-order valence-corrected chi connectivity index (χ2v) is 6.74. The van der Waals surface area contributed by atoms with Crippen LogP contribution >= 0.6 is 0 Å². The molecule has 0 aliphatic rings. The van der Waals surface area contributed by atoms with Gasteiger partial charge < -0.3 is 10.2 Å². The van der Waals surface area contributed by atoms with Gasteiger partial charge in [-0.25, -0.2) is 4.79 Å². The van der Waals surface area contributed by atoms with Gasteiger partial charge in [0.05, 0.1) is 10.5 Å². The number of hydrogen-bond donors (Lipinski definition) is 3. The Kier molecular flexibility index (Phi) is 4.41. The largest absolute Gasteiger partial charge is 0.506 e. The van der Waals surface area contributed by atoms with E-state index in [2.05, 4.69) is 10.2 Å². The second-order valence-electron chi connectivity index (χ2n) is 5.31. The maximum absolute atomic E-state index is 11.2. The molecule has 0 amide bonds. The van der Waals surface area contributed by atoms with Crippen LogP contribution in [0.4, 0.5) is 11.4 Å². The number of carbonyl (C=O) groups is 1. The van der Waals surface area contributed by atoms with Crippen molar-refractivity contribution < 1.29 is 28.0 Å². The van der Waals surface area contributed by atoms with Gasteiger partial charge >= 0.3 is 5.97 Å². The van der Waals surface area contributed by atoms with Gasteiger partial charge in [0, 0.05) is 5.39 Å². The lowest BCUT2D eigenvalue weighted by molar-refractivity contribution is 0.0697. The van der Waals surface area contributed by atoms with Gasteiger partial charge in [0.2, 0.25) is 0 Å². The zero-order valence-electron chi connectivity index (χ0n) is 13.1. The highest BCUT2D eigenvalue weighted by molar-refractivity contribution is 7.85. The topological polar surface area (TPSA) is 137 Å². The van der Waals surface area contributed by atoms with E-state index in [1.165, 1.54) is 42.5 Å². The molecule has 0 aromatic heterocycles. The van der Waals surface area contributed by atoms with E-state index in [0.29, 0.717) is 10.8 Å². The average Bonchev–Trinajstić information content (AvgIpc) is 2.60. The Bertz CT molecular complexity index is 1160. The first-order chi connectivity index (χ1) is 12.3. The van der Waals surface area contributed by atoms with E-state index in [-0.39, 0.29) is 27.6 Å². The monoisotopic (exact) mass is 372 g/mol. The van der Waals surface area contributed by atoms with Crippen molar-refractivity contribution in [3.63, 3.8) is 0 Å². The van der Waals surface area contributed by atoms with E-state index in [1.54, 1.807) is 12.1 Å². The predicted octanol–water partition coefficient (Wildman–Crippen LogP) is 3.91. The van der Waals surface area contributed by atoms with Crippen LogP contribution in [0.5, 0.6) is 5.75 Å². The molecule has 0 bridgehead atoms. The predicted molar refractivity (Wildman–Crippen MR) is 93.0 cm³/mol. The van der Waals surface area contributed by atoms with E-state index in [4.69, 9.17) is 9.66 Å². The summed E-state index contributed by atoms with van der Waals surface area (Å²) in [5.41, 5.74) is 0.0974. The van der Waals surface area contributed by atoms with Crippen LogP contribution < -0.4 is 0 Å². The molecule has 9 heteroatoms. The van der Waals surface area contributed by atoms with Crippen LogP contribution in [-0.4, -0.2) is 29.2 Å². The van der Waals surface area contributed by atoms with Crippen molar-refractivity contribution in [1.82, 2.24) is 0 Å². The molecule has 0 fully saturated rings. The van der Waals surface area contributed by atoms with E-state index in [0.717, 1.165) is 0 Å². The number of phenolic OH excluding ortho intramolecular Hbond substituents is 1. The van der Waals surface area contributed by atoms with Gasteiger partial charge in [-0.05, 0) is 35.7 Å². The zero-order valence-corrected chi connectivity index (χ0v) is 13.9. The van der Waals surface area contributed by atoms with Crippen LogP contribution in [0, 0.1) is 0 Å². The lowest BCUT2D eigenvalue weighted by Gasteiger charge is -2.06. The van der Waals surface area contributed by atoms with E-state index in [9.17, 15) is 18.3 Å². The maximum Gasteiger partial charge on any atom is 0.337 e. The van der Waals surface area contributed by atoms with Gasteiger partial charge in [-0.1, -0.05) is 24.3 Å². The van der Waals surface area contributed by atoms with Gasteiger partial charge in [-0.3, -0.25) is 4.55 Å². The molecule has 0 unspecified atom stereocenters. The molecule has 3 aromatic carbocycles. The summed E-state index contributed by atoms with van der Waals surface area (Å²) in [6.07, 6.45) is 0. The minimum Gasteiger partial charge on any atom is -0.506 e. The Morgan fingerprint density at radius 3 is 2.38 bits per heavy atom. The fraction of sp³-hybridized carbons (Fsp3) is 0. The van der Waals surface area contributed by atoms with E-state index in [1.807, 2.05) is 0 Å². The highest BCUT2D eigenvalue weighted by Gasteiger charge is 2.14. The van der Waals surface area contributed by atoms with Gasteiger partial charge in [0.15, 0.2) is 0 Å². The van der Waals surface area contributed by atoms with Crippen molar-refractivity contribution in [2.45, 2.75) is 4.90 Å². The lowest BCUT2D eigenvalue weighted by atomic mass is 10.1. The molecule has 0 spiro atoms. The first kappa shape index (κ1) is 17.5. The molecule has 0 saturated carbocycles. The van der Waals surface area contributed by atoms with E-state index >= 15 is 0 Å². The summed E-state index contributed by atoms with van der Waals surface area (Å²) < 4.78 is 31.6. The number of azo groups is 1. The Morgan fingerprint density at radius 1 is 0.962 bits per heavy atom. The summed E-state index contributed by atoms with van der Waals surface area (Å²) in [7, 11) is -4.37. The molecule has 3 aromatic rings. The molecular weight excluding hydrogens is 360 g/mol. The first-order valence-electron chi connectivity index (χ1n) is 7.24. The fourth-order valence-corrected chi connectivity index (χ4v) is 2.91. The third-order valence-corrected chi connectivity index (χ3v) is 4.48. The number of aromatic hydroxyl groups is 1. The van der Waals surface area contributed by atoms with Crippen LogP contribution in [0.2, 0.25) is 0 Å². The lowest BCUT2D eigenvalue weighted by Crippen LogP contribution is -1.97. The SMILES string of the molecule is O=C(O)c1ccccc1N=Nc1c(O)ccc2cc(S(=O)(=O)O)ccc12. The molecule has 132 valence electrons. The van der Waals surface area contributed by atoms with Gasteiger partial charge in [0.1, 0.15) is 17.1 Å². The Morgan fingerprint density at radius 2 is 1.69 bits per heavy atom. The Balaban J connectivity index is 2.14. The molecule has 0 atom stereocenters. The highest BCUT2D eigenvalue weighted by atomic mass is 32.2. The molecule has 26 heavy (non-hydrogen) atoms. The summed E-state index contributed by atoms with van der Waals surface area (Å²) in [5.74, 6) is -1.38. The standard InChI is InChI=1S/C17H12N2O6S/c20-15-8-5-10-9-11(26(23,24)25)6-7-12(10)16(15)19-18-14-4-2-1-3-13(14)17(21)22/h1-9,20H,(H,21,22)(H,23,24,25). The van der Waals surface area contributed by atoms with Crippen molar-refractivity contribution in [2.75, 3.05) is 0 Å². The van der Waals surface area contributed by atoms with Gasteiger partial charge in [0.25, 0.3) is 10.1 Å². The van der Waals surface area contributed by atoms with Crippen molar-refractivity contribution >= 4 is 38.2 Å². The number of fused-ring (bicyclic) bond motifs is 1. The summed E-state index contributed by atoms with van der Waals surface area (Å²) in [4.78, 5) is 10.9. The van der Waals surface area contributed by atoms with Crippen molar-refractivity contribution in [3.05, 3.63) is 60.2 Å². The average molecular weight is 372 g/mol. The molecule has 0 radical (unpaired) electrons. The maximum atomic E-state index is 11.2. The number of nitrogens with zero attached hydrogens (tertiary/aromatic N) is 2. The number of aromatic carboxylic acids is 1. The van der Waals surface area contributed by atoms with Crippen LogP contribution in [0.1, 0.15) is 10.4 Å². The molecule has 0 aliphatic carbocycles. The number of carboxylic acid groups (broad SMARTS) is 1. The summed E-state index contributed by atoms with van der Waals surface area (Å²) in [6, 6.07) is 12.5. The quantitative estimate of drug-likeness (QED) is 0.469. The Hall–Kier alpha value is -3.30. The number of phenols is 1. The second kappa shape index (κ2) is 6.54.